The summed E-state index contributed by atoms with van der Waals surface area (Å²) >= 11 is 0. The van der Waals surface area contributed by atoms with Crippen molar-refractivity contribution < 1.29 is 0 Å². The van der Waals surface area contributed by atoms with Gasteiger partial charge in [0.05, 0.1) is 0 Å². The lowest BCUT2D eigenvalue weighted by molar-refractivity contribution is 0.135. The first-order valence-corrected chi connectivity index (χ1v) is 7.60. The summed E-state index contributed by atoms with van der Waals surface area (Å²) in [5.41, 5.74) is 0. The second kappa shape index (κ2) is 6.19. The van der Waals surface area contributed by atoms with Crippen LogP contribution in [0.3, 0.4) is 0 Å². The fourth-order valence-electron chi connectivity index (χ4n) is 3.50. The molecule has 1 aliphatic carbocycles. The smallest absolute Gasteiger partial charge is 0.0220 e. The van der Waals surface area contributed by atoms with E-state index in [1.165, 1.54) is 51.6 Å². The van der Waals surface area contributed by atoms with Gasteiger partial charge in [-0.3, -0.25) is 0 Å². The van der Waals surface area contributed by atoms with E-state index in [0.717, 1.165) is 23.9 Å². The molecule has 1 saturated carbocycles. The first-order valence-electron chi connectivity index (χ1n) is 7.60. The van der Waals surface area contributed by atoms with Gasteiger partial charge in [0.2, 0.25) is 0 Å². The molecule has 0 aromatic heterocycles. The van der Waals surface area contributed by atoms with Crippen molar-refractivity contribution in [3.8, 4) is 0 Å². The SMILES string of the molecule is CC1CCC(N(C)CC2NCCCC2C)CC1. The zero-order valence-corrected chi connectivity index (χ0v) is 11.9. The topological polar surface area (TPSA) is 15.3 Å². The van der Waals surface area contributed by atoms with Crippen LogP contribution >= 0.6 is 0 Å². The maximum Gasteiger partial charge on any atom is 0.0220 e. The standard InChI is InChI=1S/C15H30N2/c1-12-6-8-14(9-7-12)17(3)11-15-13(2)5-4-10-16-15/h12-16H,4-11H2,1-3H3. The molecule has 0 aromatic carbocycles. The molecule has 17 heavy (non-hydrogen) atoms. The molecule has 2 fully saturated rings. The highest BCUT2D eigenvalue weighted by Gasteiger charge is 2.26. The van der Waals surface area contributed by atoms with Gasteiger partial charge in [-0.2, -0.15) is 0 Å². The van der Waals surface area contributed by atoms with Gasteiger partial charge in [0.15, 0.2) is 0 Å². The fourth-order valence-corrected chi connectivity index (χ4v) is 3.50. The zero-order chi connectivity index (χ0) is 12.3. The van der Waals surface area contributed by atoms with Gasteiger partial charge in [-0.05, 0) is 64.0 Å². The van der Waals surface area contributed by atoms with E-state index >= 15 is 0 Å². The highest BCUT2D eigenvalue weighted by molar-refractivity contribution is 4.84. The predicted octanol–water partition coefficient (Wildman–Crippen LogP) is 2.89. The van der Waals surface area contributed by atoms with Gasteiger partial charge >= 0.3 is 0 Å². The van der Waals surface area contributed by atoms with Gasteiger partial charge in [-0.25, -0.2) is 0 Å². The van der Waals surface area contributed by atoms with Crippen molar-refractivity contribution in [1.82, 2.24) is 10.2 Å². The molecule has 1 aliphatic heterocycles. The van der Waals surface area contributed by atoms with Crippen molar-refractivity contribution >= 4 is 0 Å². The van der Waals surface area contributed by atoms with E-state index < -0.39 is 0 Å². The van der Waals surface area contributed by atoms with Crippen LogP contribution in [0.1, 0.15) is 52.4 Å². The number of hydrogen-bond donors (Lipinski definition) is 1. The third-order valence-corrected chi connectivity index (χ3v) is 5.02. The first kappa shape index (κ1) is 13.4. The molecule has 1 heterocycles. The molecule has 0 bridgehead atoms. The van der Waals surface area contributed by atoms with Crippen LogP contribution < -0.4 is 5.32 Å². The highest BCUT2D eigenvalue weighted by atomic mass is 15.2. The largest absolute Gasteiger partial charge is 0.312 e. The minimum Gasteiger partial charge on any atom is -0.312 e. The Hall–Kier alpha value is -0.0800. The Morgan fingerprint density at radius 1 is 1.06 bits per heavy atom. The molecule has 2 aliphatic rings. The Morgan fingerprint density at radius 2 is 1.76 bits per heavy atom. The first-order chi connectivity index (χ1) is 8.16. The molecule has 0 amide bonds. The minimum atomic E-state index is 0.730. The van der Waals surface area contributed by atoms with Crippen LogP contribution in [0.5, 0.6) is 0 Å². The summed E-state index contributed by atoms with van der Waals surface area (Å²) in [4.78, 5) is 2.63. The average molecular weight is 238 g/mol. The lowest BCUT2D eigenvalue weighted by atomic mass is 9.86. The molecule has 0 spiro atoms. The van der Waals surface area contributed by atoms with Gasteiger partial charge in [0, 0.05) is 18.6 Å². The van der Waals surface area contributed by atoms with Gasteiger partial charge in [0.1, 0.15) is 0 Å². The molecule has 1 N–H and O–H groups in total. The van der Waals surface area contributed by atoms with Crippen molar-refractivity contribution in [2.24, 2.45) is 11.8 Å². The van der Waals surface area contributed by atoms with E-state index in [0.29, 0.717) is 0 Å². The number of nitrogens with one attached hydrogen (secondary N) is 1. The van der Waals surface area contributed by atoms with Crippen LogP contribution in [0.2, 0.25) is 0 Å². The van der Waals surface area contributed by atoms with Crippen LogP contribution in [0.4, 0.5) is 0 Å². The second-order valence-corrected chi connectivity index (χ2v) is 6.53. The zero-order valence-electron chi connectivity index (χ0n) is 11.9. The summed E-state index contributed by atoms with van der Waals surface area (Å²) in [7, 11) is 2.34. The molecule has 2 heteroatoms. The lowest BCUT2D eigenvalue weighted by Gasteiger charge is -2.38. The van der Waals surface area contributed by atoms with Gasteiger partial charge in [-0.15, -0.1) is 0 Å². The van der Waals surface area contributed by atoms with Crippen LogP contribution in [0, 0.1) is 11.8 Å². The van der Waals surface area contributed by atoms with E-state index in [2.05, 4.69) is 31.1 Å². The van der Waals surface area contributed by atoms with E-state index in [-0.39, 0.29) is 0 Å². The van der Waals surface area contributed by atoms with E-state index in [1.54, 1.807) is 0 Å². The van der Waals surface area contributed by atoms with Crippen LogP contribution in [0.25, 0.3) is 0 Å². The summed E-state index contributed by atoms with van der Waals surface area (Å²) in [6.45, 7) is 7.29. The molecule has 0 aromatic rings. The molecular weight excluding hydrogens is 208 g/mol. The summed E-state index contributed by atoms with van der Waals surface area (Å²) in [5, 5.41) is 3.71. The van der Waals surface area contributed by atoms with Crippen molar-refractivity contribution in [3.05, 3.63) is 0 Å². The second-order valence-electron chi connectivity index (χ2n) is 6.53. The number of rotatable bonds is 3. The quantitative estimate of drug-likeness (QED) is 0.813. The maximum atomic E-state index is 3.71. The van der Waals surface area contributed by atoms with E-state index in [1.807, 2.05) is 0 Å². The molecule has 2 nitrogen and oxygen atoms in total. The fraction of sp³-hybridized carbons (Fsp3) is 1.00. The van der Waals surface area contributed by atoms with Crippen LogP contribution in [-0.4, -0.2) is 37.1 Å². The Balaban J connectivity index is 1.77. The molecular formula is C15H30N2. The van der Waals surface area contributed by atoms with Gasteiger partial charge in [0.25, 0.3) is 0 Å². The monoisotopic (exact) mass is 238 g/mol. The van der Waals surface area contributed by atoms with Crippen LogP contribution in [-0.2, 0) is 0 Å². The van der Waals surface area contributed by atoms with Crippen molar-refractivity contribution in [1.29, 1.82) is 0 Å². The van der Waals surface area contributed by atoms with E-state index in [4.69, 9.17) is 0 Å². The van der Waals surface area contributed by atoms with E-state index in [9.17, 15) is 0 Å². The number of hydrogen-bond acceptors (Lipinski definition) is 2. The van der Waals surface area contributed by atoms with Crippen molar-refractivity contribution in [3.63, 3.8) is 0 Å². The maximum absolute atomic E-state index is 3.71. The third kappa shape index (κ3) is 3.69. The molecule has 1 saturated heterocycles. The minimum absolute atomic E-state index is 0.730. The average Bonchev–Trinajstić information content (AvgIpc) is 2.33. The summed E-state index contributed by atoms with van der Waals surface area (Å²) in [6, 6.07) is 1.58. The molecule has 100 valence electrons. The molecule has 2 rings (SSSR count). The van der Waals surface area contributed by atoms with Crippen LogP contribution in [0.15, 0.2) is 0 Å². The predicted molar refractivity (Wildman–Crippen MR) is 74.2 cm³/mol. The Labute approximate surface area is 107 Å². The third-order valence-electron chi connectivity index (χ3n) is 5.02. The summed E-state index contributed by atoms with van der Waals surface area (Å²) < 4.78 is 0. The summed E-state index contributed by atoms with van der Waals surface area (Å²) in [6.07, 6.45) is 8.47. The number of nitrogens with zero attached hydrogens (tertiary/aromatic N) is 1. The lowest BCUT2D eigenvalue weighted by Crippen LogP contribution is -2.49. The Morgan fingerprint density at radius 3 is 2.41 bits per heavy atom. The Kier molecular flexibility index (Phi) is 4.87. The number of piperidine rings is 1. The number of likely N-dealkylation sites (N-methyl/N-ethyl adjacent to an activating group) is 1. The van der Waals surface area contributed by atoms with Gasteiger partial charge < -0.3 is 10.2 Å². The Bertz CT molecular complexity index is 221. The molecule has 2 unspecified atom stereocenters. The van der Waals surface area contributed by atoms with Crippen molar-refractivity contribution in [2.75, 3.05) is 20.1 Å². The molecule has 2 atom stereocenters. The van der Waals surface area contributed by atoms with Gasteiger partial charge in [-0.1, -0.05) is 13.8 Å². The summed E-state index contributed by atoms with van der Waals surface area (Å²) in [5.74, 6) is 1.82. The molecule has 0 radical (unpaired) electrons. The normalized spacial score (nSPS) is 39.5. The highest BCUT2D eigenvalue weighted by Crippen LogP contribution is 2.27. The van der Waals surface area contributed by atoms with Crippen molar-refractivity contribution in [2.45, 2.75) is 64.5 Å².